The highest BCUT2D eigenvalue weighted by molar-refractivity contribution is 6.32. The van der Waals surface area contributed by atoms with Crippen molar-refractivity contribution in [3.8, 4) is 11.5 Å². The molecular weight excluding hydrogens is 387 g/mol. The number of hydrogen-bond donors (Lipinski definition) is 0. The Morgan fingerprint density at radius 2 is 2.04 bits per heavy atom. The van der Waals surface area contributed by atoms with Crippen molar-refractivity contribution < 1.29 is 32.2 Å². The van der Waals surface area contributed by atoms with Crippen molar-refractivity contribution in [2.75, 3.05) is 33.0 Å². The van der Waals surface area contributed by atoms with E-state index >= 15 is 0 Å². The molecule has 2 heterocycles. The standard InChI is InChI=1S/C18H19ClF3NO4/c19-14-7-13(8-15-17(14)27-11-26-15)1-2-16(24)25-9-12-3-5-23(6-4-12)10-18(20,21)22/h1-2,7-8,12H,3-6,9-11H2. The Morgan fingerprint density at radius 1 is 1.30 bits per heavy atom. The predicted molar refractivity (Wildman–Crippen MR) is 92.8 cm³/mol. The van der Waals surface area contributed by atoms with Gasteiger partial charge >= 0.3 is 12.1 Å². The fourth-order valence-electron chi connectivity index (χ4n) is 3.06. The average Bonchev–Trinajstić information content (AvgIpc) is 3.07. The van der Waals surface area contributed by atoms with Crippen LogP contribution in [0.4, 0.5) is 13.2 Å². The molecule has 0 spiro atoms. The molecule has 0 amide bonds. The van der Waals surface area contributed by atoms with Gasteiger partial charge in [-0.15, -0.1) is 0 Å². The van der Waals surface area contributed by atoms with Crippen LogP contribution in [-0.2, 0) is 9.53 Å². The molecule has 1 fully saturated rings. The van der Waals surface area contributed by atoms with Gasteiger partial charge in [0.15, 0.2) is 11.5 Å². The number of carbonyl (C=O) groups is 1. The van der Waals surface area contributed by atoms with Gasteiger partial charge < -0.3 is 14.2 Å². The Kier molecular flexibility index (Phi) is 6.16. The summed E-state index contributed by atoms with van der Waals surface area (Å²) in [7, 11) is 0. The Balaban J connectivity index is 1.43. The SMILES string of the molecule is O=C(C=Cc1cc(Cl)c2c(c1)OCO2)OCC1CCN(CC(F)(F)F)CC1. The summed E-state index contributed by atoms with van der Waals surface area (Å²) in [6.45, 7) is 0.123. The molecule has 27 heavy (non-hydrogen) atoms. The Bertz CT molecular complexity index is 715. The van der Waals surface area contributed by atoms with Crippen molar-refractivity contribution in [3.63, 3.8) is 0 Å². The van der Waals surface area contributed by atoms with Gasteiger partial charge in [-0.3, -0.25) is 4.90 Å². The molecule has 1 saturated heterocycles. The molecule has 1 aromatic rings. The first-order chi connectivity index (χ1) is 12.8. The second-order valence-corrected chi connectivity index (χ2v) is 6.94. The molecular formula is C18H19ClF3NO4. The van der Waals surface area contributed by atoms with E-state index in [0.717, 1.165) is 0 Å². The third-order valence-corrected chi connectivity index (χ3v) is 4.71. The van der Waals surface area contributed by atoms with Crippen LogP contribution in [0.2, 0.25) is 5.02 Å². The van der Waals surface area contributed by atoms with Gasteiger partial charge in [-0.1, -0.05) is 11.6 Å². The van der Waals surface area contributed by atoms with Crippen molar-refractivity contribution in [3.05, 3.63) is 28.8 Å². The first-order valence-electron chi connectivity index (χ1n) is 8.53. The van der Waals surface area contributed by atoms with Crippen molar-refractivity contribution in [2.45, 2.75) is 19.0 Å². The molecule has 2 aliphatic heterocycles. The third kappa shape index (κ3) is 5.77. The topological polar surface area (TPSA) is 48.0 Å². The summed E-state index contributed by atoms with van der Waals surface area (Å²) in [4.78, 5) is 13.2. The molecule has 0 saturated carbocycles. The number of halogens is 4. The van der Waals surface area contributed by atoms with Crippen LogP contribution < -0.4 is 9.47 Å². The number of esters is 1. The summed E-state index contributed by atoms with van der Waals surface area (Å²) in [5.74, 6) is 0.558. The number of piperidine rings is 1. The van der Waals surface area contributed by atoms with Crippen molar-refractivity contribution in [1.29, 1.82) is 0 Å². The smallest absolute Gasteiger partial charge is 0.401 e. The Morgan fingerprint density at radius 3 is 2.74 bits per heavy atom. The van der Waals surface area contributed by atoms with Crippen LogP contribution in [0.5, 0.6) is 11.5 Å². The molecule has 5 nitrogen and oxygen atoms in total. The second-order valence-electron chi connectivity index (χ2n) is 6.53. The lowest BCUT2D eigenvalue weighted by Crippen LogP contribution is -2.40. The second kappa shape index (κ2) is 8.39. The van der Waals surface area contributed by atoms with Gasteiger partial charge in [-0.2, -0.15) is 13.2 Å². The largest absolute Gasteiger partial charge is 0.462 e. The van der Waals surface area contributed by atoms with E-state index in [1.165, 1.54) is 11.0 Å². The molecule has 1 aromatic carbocycles. The van der Waals surface area contributed by atoms with Gasteiger partial charge in [0.1, 0.15) is 0 Å². The van der Waals surface area contributed by atoms with Crippen LogP contribution in [0.3, 0.4) is 0 Å². The molecule has 0 aromatic heterocycles. The molecule has 0 unspecified atom stereocenters. The number of nitrogens with zero attached hydrogens (tertiary/aromatic N) is 1. The van der Waals surface area contributed by atoms with Gasteiger partial charge in [-0.05, 0) is 55.6 Å². The van der Waals surface area contributed by atoms with Gasteiger partial charge in [-0.25, -0.2) is 4.79 Å². The minimum atomic E-state index is -4.18. The molecule has 3 rings (SSSR count). The van der Waals surface area contributed by atoms with E-state index in [9.17, 15) is 18.0 Å². The molecule has 2 aliphatic rings. The van der Waals surface area contributed by atoms with Crippen molar-refractivity contribution >= 4 is 23.6 Å². The molecule has 0 N–H and O–H groups in total. The van der Waals surface area contributed by atoms with E-state index in [4.69, 9.17) is 25.8 Å². The maximum Gasteiger partial charge on any atom is 0.401 e. The number of rotatable bonds is 5. The van der Waals surface area contributed by atoms with Gasteiger partial charge in [0, 0.05) is 6.08 Å². The normalized spacial score (nSPS) is 18.2. The molecule has 148 valence electrons. The Hall–Kier alpha value is -1.93. The zero-order valence-electron chi connectivity index (χ0n) is 14.4. The quantitative estimate of drug-likeness (QED) is 0.549. The lowest BCUT2D eigenvalue weighted by molar-refractivity contribution is -0.149. The van der Waals surface area contributed by atoms with Gasteiger partial charge in [0.25, 0.3) is 0 Å². The number of fused-ring (bicyclic) bond motifs is 1. The monoisotopic (exact) mass is 405 g/mol. The van der Waals surface area contributed by atoms with E-state index in [1.807, 2.05) is 0 Å². The van der Waals surface area contributed by atoms with Gasteiger partial charge in [0.05, 0.1) is 18.2 Å². The highest BCUT2D eigenvalue weighted by atomic mass is 35.5. The summed E-state index contributed by atoms with van der Waals surface area (Å²) in [5.41, 5.74) is 0.668. The summed E-state index contributed by atoms with van der Waals surface area (Å²) < 4.78 is 52.8. The molecule has 0 radical (unpaired) electrons. The first kappa shape index (κ1) is 19.8. The molecule has 0 aliphatic carbocycles. The highest BCUT2D eigenvalue weighted by Crippen LogP contribution is 2.40. The van der Waals surface area contributed by atoms with E-state index in [1.54, 1.807) is 18.2 Å². The number of likely N-dealkylation sites (tertiary alicyclic amines) is 1. The lowest BCUT2D eigenvalue weighted by Gasteiger charge is -2.31. The van der Waals surface area contributed by atoms with Crippen molar-refractivity contribution in [1.82, 2.24) is 4.90 Å². The summed E-state index contributed by atoms with van der Waals surface area (Å²) in [6, 6.07) is 3.35. The maximum atomic E-state index is 12.4. The number of ether oxygens (including phenoxy) is 3. The fraction of sp³-hybridized carbons (Fsp3) is 0.500. The minimum absolute atomic E-state index is 0.0758. The van der Waals surface area contributed by atoms with Crippen LogP contribution in [0.1, 0.15) is 18.4 Å². The molecule has 0 atom stereocenters. The van der Waals surface area contributed by atoms with E-state index in [-0.39, 0.29) is 19.3 Å². The zero-order chi connectivity index (χ0) is 19.4. The number of hydrogen-bond acceptors (Lipinski definition) is 5. The van der Waals surface area contributed by atoms with Crippen LogP contribution >= 0.6 is 11.6 Å². The van der Waals surface area contributed by atoms with Crippen LogP contribution in [0.25, 0.3) is 6.08 Å². The third-order valence-electron chi connectivity index (χ3n) is 4.43. The fourth-order valence-corrected chi connectivity index (χ4v) is 3.33. The predicted octanol–water partition coefficient (Wildman–Crippen LogP) is 3.90. The first-order valence-corrected chi connectivity index (χ1v) is 8.91. The number of alkyl halides is 3. The zero-order valence-corrected chi connectivity index (χ0v) is 15.2. The summed E-state index contributed by atoms with van der Waals surface area (Å²) >= 11 is 6.08. The van der Waals surface area contributed by atoms with E-state index in [2.05, 4.69) is 0 Å². The highest BCUT2D eigenvalue weighted by Gasteiger charge is 2.32. The lowest BCUT2D eigenvalue weighted by atomic mass is 9.98. The van der Waals surface area contributed by atoms with Crippen LogP contribution in [0, 0.1) is 5.92 Å². The molecule has 9 heteroatoms. The Labute approximate surface area is 159 Å². The van der Waals surface area contributed by atoms with Crippen LogP contribution in [0.15, 0.2) is 18.2 Å². The van der Waals surface area contributed by atoms with Gasteiger partial charge in [0.2, 0.25) is 6.79 Å². The van der Waals surface area contributed by atoms with E-state index < -0.39 is 18.7 Å². The van der Waals surface area contributed by atoms with Crippen molar-refractivity contribution in [2.24, 2.45) is 5.92 Å². The van der Waals surface area contributed by atoms with Crippen LogP contribution in [-0.4, -0.2) is 50.1 Å². The number of carbonyl (C=O) groups excluding carboxylic acids is 1. The maximum absolute atomic E-state index is 12.4. The summed E-state index contributed by atoms with van der Waals surface area (Å²) in [6.07, 6.45) is -0.188. The molecule has 0 bridgehead atoms. The van der Waals surface area contributed by atoms with E-state index in [0.29, 0.717) is 48.0 Å². The minimum Gasteiger partial charge on any atom is -0.462 e. The number of benzene rings is 1. The average molecular weight is 406 g/mol. The summed E-state index contributed by atoms with van der Waals surface area (Å²) in [5, 5.41) is 0.392.